The minimum absolute atomic E-state index is 0.00153. The summed E-state index contributed by atoms with van der Waals surface area (Å²) in [6, 6.07) is 7.82. The average molecular weight is 294 g/mol. The molecule has 2 aliphatic rings. The van der Waals surface area contributed by atoms with E-state index in [1.54, 1.807) is 4.90 Å². The Hall–Kier alpha value is -1.49. The van der Waals surface area contributed by atoms with E-state index in [4.69, 9.17) is 0 Å². The molecule has 1 aromatic carbocycles. The van der Waals surface area contributed by atoms with Crippen molar-refractivity contribution in [2.24, 2.45) is 5.92 Å². The van der Waals surface area contributed by atoms with Gasteiger partial charge in [0.1, 0.15) is 0 Å². The fourth-order valence-corrected chi connectivity index (χ4v) is 3.19. The molecule has 1 fully saturated rings. The third-order valence-electron chi connectivity index (χ3n) is 4.44. The number of rotatable bonds is 1. The number of amides is 1. The normalized spacial score (nSPS) is 22.5. The maximum Gasteiger partial charge on any atom is 0.248 e. The standard InChI is InChI=1S/C16H20F2N2O/c17-16(18)7-5-12(6-8-16)15(21)20-10-9-19-11-13-3-1-2-4-14(13)20/h1-4,12,19H,5-11H2. The Morgan fingerprint density at radius 3 is 2.71 bits per heavy atom. The lowest BCUT2D eigenvalue weighted by Gasteiger charge is -2.32. The summed E-state index contributed by atoms with van der Waals surface area (Å²) in [5, 5.41) is 3.29. The van der Waals surface area contributed by atoms with Crippen molar-refractivity contribution < 1.29 is 13.6 Å². The highest BCUT2D eigenvalue weighted by atomic mass is 19.3. The molecule has 1 amide bonds. The lowest BCUT2D eigenvalue weighted by atomic mass is 9.85. The molecule has 1 saturated carbocycles. The van der Waals surface area contributed by atoms with Gasteiger partial charge < -0.3 is 10.2 Å². The van der Waals surface area contributed by atoms with E-state index in [0.29, 0.717) is 6.54 Å². The molecule has 1 aliphatic heterocycles. The number of fused-ring (bicyclic) bond motifs is 1. The van der Waals surface area contributed by atoms with Crippen molar-refractivity contribution in [3.8, 4) is 0 Å². The molecule has 1 N–H and O–H groups in total. The highest BCUT2D eigenvalue weighted by Gasteiger charge is 2.39. The SMILES string of the molecule is O=C(C1CCC(F)(F)CC1)N1CCNCc2ccccc21. The number of hydrogen-bond acceptors (Lipinski definition) is 2. The Kier molecular flexibility index (Phi) is 3.93. The quantitative estimate of drug-likeness (QED) is 0.863. The predicted octanol–water partition coefficient (Wildman–Crippen LogP) is 2.95. The molecule has 0 aromatic heterocycles. The summed E-state index contributed by atoms with van der Waals surface area (Å²) < 4.78 is 26.5. The molecule has 3 rings (SSSR count). The Balaban J connectivity index is 1.78. The van der Waals surface area contributed by atoms with Crippen molar-refractivity contribution in [2.75, 3.05) is 18.0 Å². The summed E-state index contributed by atoms with van der Waals surface area (Å²) in [5.74, 6) is -2.85. The maximum absolute atomic E-state index is 13.3. The van der Waals surface area contributed by atoms with Crippen LogP contribution in [0.5, 0.6) is 0 Å². The first-order valence-corrected chi connectivity index (χ1v) is 7.55. The number of para-hydroxylation sites is 1. The van der Waals surface area contributed by atoms with Crippen LogP contribution in [0, 0.1) is 5.92 Å². The number of nitrogens with one attached hydrogen (secondary N) is 1. The predicted molar refractivity (Wildman–Crippen MR) is 77.4 cm³/mol. The van der Waals surface area contributed by atoms with E-state index in [9.17, 15) is 13.6 Å². The molecule has 5 heteroatoms. The first-order valence-electron chi connectivity index (χ1n) is 7.55. The zero-order valence-electron chi connectivity index (χ0n) is 11.9. The van der Waals surface area contributed by atoms with Crippen molar-refractivity contribution in [3.63, 3.8) is 0 Å². The zero-order valence-corrected chi connectivity index (χ0v) is 11.9. The summed E-state index contributed by atoms with van der Waals surface area (Å²) in [7, 11) is 0. The van der Waals surface area contributed by atoms with Crippen LogP contribution in [0.15, 0.2) is 24.3 Å². The van der Waals surface area contributed by atoms with Crippen molar-refractivity contribution in [1.82, 2.24) is 5.32 Å². The molecule has 3 nitrogen and oxygen atoms in total. The number of carbonyl (C=O) groups excluding carboxylic acids is 1. The van der Waals surface area contributed by atoms with Gasteiger partial charge >= 0.3 is 0 Å². The van der Waals surface area contributed by atoms with Gasteiger partial charge in [-0.05, 0) is 24.5 Å². The topological polar surface area (TPSA) is 32.3 Å². The van der Waals surface area contributed by atoms with E-state index in [1.807, 2.05) is 24.3 Å². The van der Waals surface area contributed by atoms with Crippen LogP contribution in [0.2, 0.25) is 0 Å². The molecular weight excluding hydrogens is 274 g/mol. The van der Waals surface area contributed by atoms with Gasteiger partial charge in [0.05, 0.1) is 0 Å². The minimum Gasteiger partial charge on any atom is -0.311 e. The summed E-state index contributed by atoms with van der Waals surface area (Å²) in [5.41, 5.74) is 2.01. The number of halogens is 2. The van der Waals surface area contributed by atoms with Crippen LogP contribution < -0.4 is 10.2 Å². The van der Waals surface area contributed by atoms with Gasteiger partial charge in [0.2, 0.25) is 11.8 Å². The fourth-order valence-electron chi connectivity index (χ4n) is 3.19. The molecular formula is C16H20F2N2O. The smallest absolute Gasteiger partial charge is 0.248 e. The number of benzene rings is 1. The zero-order chi connectivity index (χ0) is 14.9. The van der Waals surface area contributed by atoms with E-state index >= 15 is 0 Å². The van der Waals surface area contributed by atoms with Crippen molar-refractivity contribution in [2.45, 2.75) is 38.2 Å². The highest BCUT2D eigenvalue weighted by molar-refractivity contribution is 5.96. The van der Waals surface area contributed by atoms with Crippen LogP contribution in [0.3, 0.4) is 0 Å². The Labute approximate surface area is 123 Å². The monoisotopic (exact) mass is 294 g/mol. The van der Waals surface area contributed by atoms with Gasteiger partial charge in [-0.15, -0.1) is 0 Å². The van der Waals surface area contributed by atoms with E-state index in [-0.39, 0.29) is 37.5 Å². The molecule has 114 valence electrons. The molecule has 0 spiro atoms. The fraction of sp³-hybridized carbons (Fsp3) is 0.562. The maximum atomic E-state index is 13.3. The molecule has 0 bridgehead atoms. The van der Waals surface area contributed by atoms with Crippen LogP contribution in [0.1, 0.15) is 31.2 Å². The number of anilines is 1. The lowest BCUT2D eigenvalue weighted by molar-refractivity contribution is -0.126. The van der Waals surface area contributed by atoms with Crippen LogP contribution >= 0.6 is 0 Å². The van der Waals surface area contributed by atoms with Gasteiger partial charge in [-0.25, -0.2) is 8.78 Å². The van der Waals surface area contributed by atoms with Gasteiger partial charge in [-0.2, -0.15) is 0 Å². The molecule has 1 heterocycles. The van der Waals surface area contributed by atoms with Crippen LogP contribution in [0.25, 0.3) is 0 Å². The van der Waals surface area contributed by atoms with Crippen LogP contribution in [-0.4, -0.2) is 24.9 Å². The molecule has 0 atom stereocenters. The van der Waals surface area contributed by atoms with E-state index in [2.05, 4.69) is 5.32 Å². The average Bonchev–Trinajstić information content (AvgIpc) is 2.69. The Morgan fingerprint density at radius 2 is 1.95 bits per heavy atom. The molecule has 0 radical (unpaired) electrons. The largest absolute Gasteiger partial charge is 0.311 e. The molecule has 21 heavy (non-hydrogen) atoms. The van der Waals surface area contributed by atoms with Crippen molar-refractivity contribution in [1.29, 1.82) is 0 Å². The Morgan fingerprint density at radius 1 is 1.24 bits per heavy atom. The number of nitrogens with zero attached hydrogens (tertiary/aromatic N) is 1. The van der Waals surface area contributed by atoms with Gasteiger partial charge in [-0.3, -0.25) is 4.79 Å². The van der Waals surface area contributed by atoms with E-state index in [1.165, 1.54) is 0 Å². The summed E-state index contributed by atoms with van der Waals surface area (Å²) in [6.45, 7) is 2.06. The number of carbonyl (C=O) groups is 1. The summed E-state index contributed by atoms with van der Waals surface area (Å²) in [4.78, 5) is 14.5. The summed E-state index contributed by atoms with van der Waals surface area (Å²) in [6.07, 6.45) is 0.240. The molecule has 0 unspecified atom stereocenters. The third kappa shape index (κ3) is 3.07. The molecule has 1 aliphatic carbocycles. The molecule has 1 aromatic rings. The highest BCUT2D eigenvalue weighted by Crippen LogP contribution is 2.37. The van der Waals surface area contributed by atoms with Gasteiger partial charge in [0.25, 0.3) is 0 Å². The van der Waals surface area contributed by atoms with Crippen molar-refractivity contribution >= 4 is 11.6 Å². The van der Waals surface area contributed by atoms with Crippen LogP contribution in [-0.2, 0) is 11.3 Å². The van der Waals surface area contributed by atoms with Crippen LogP contribution in [0.4, 0.5) is 14.5 Å². The third-order valence-corrected chi connectivity index (χ3v) is 4.44. The summed E-state index contributed by atoms with van der Waals surface area (Å²) >= 11 is 0. The van der Waals surface area contributed by atoms with Gasteiger partial charge in [0.15, 0.2) is 0 Å². The van der Waals surface area contributed by atoms with E-state index in [0.717, 1.165) is 24.3 Å². The van der Waals surface area contributed by atoms with Crippen molar-refractivity contribution in [3.05, 3.63) is 29.8 Å². The minimum atomic E-state index is -2.59. The lowest BCUT2D eigenvalue weighted by Crippen LogP contribution is -2.41. The van der Waals surface area contributed by atoms with Gasteiger partial charge in [-0.1, -0.05) is 18.2 Å². The Bertz CT molecular complexity index is 523. The number of alkyl halides is 2. The van der Waals surface area contributed by atoms with E-state index < -0.39 is 5.92 Å². The first kappa shape index (κ1) is 14.4. The number of hydrogen-bond donors (Lipinski definition) is 1. The second-order valence-electron chi connectivity index (χ2n) is 5.93. The second-order valence-corrected chi connectivity index (χ2v) is 5.93. The van der Waals surface area contributed by atoms with Gasteiger partial charge in [0, 0.05) is 44.1 Å². The second kappa shape index (κ2) is 5.72. The first-order chi connectivity index (χ1) is 10.1. The molecule has 0 saturated heterocycles.